The maximum absolute atomic E-state index is 3.75. The van der Waals surface area contributed by atoms with Crippen molar-refractivity contribution in [2.75, 3.05) is 0 Å². The van der Waals surface area contributed by atoms with Crippen molar-refractivity contribution in [1.82, 2.24) is 0 Å². The minimum atomic E-state index is 0.880. The first-order valence-corrected chi connectivity index (χ1v) is 4.93. The molecule has 0 radical (unpaired) electrons. The van der Waals surface area contributed by atoms with Crippen LogP contribution in [0.5, 0.6) is 0 Å². The largest absolute Gasteiger partial charge is 0.0888 e. The summed E-state index contributed by atoms with van der Waals surface area (Å²) in [7, 11) is 0. The number of hydrogen-bond acceptors (Lipinski definition) is 0. The van der Waals surface area contributed by atoms with Crippen molar-refractivity contribution in [2.45, 2.75) is 36.9 Å². The van der Waals surface area contributed by atoms with Gasteiger partial charge in [-0.2, -0.15) is 0 Å². The highest BCUT2D eigenvalue weighted by Crippen LogP contribution is 2.47. The zero-order chi connectivity index (χ0) is 6.27. The van der Waals surface area contributed by atoms with E-state index in [0.717, 1.165) is 16.7 Å². The van der Waals surface area contributed by atoms with Crippen molar-refractivity contribution in [1.29, 1.82) is 0 Å². The van der Waals surface area contributed by atoms with Crippen molar-refractivity contribution in [2.24, 2.45) is 11.8 Å². The Labute approximate surface area is 65.1 Å². The van der Waals surface area contributed by atoms with Gasteiger partial charge in [0.15, 0.2) is 0 Å². The average molecular weight is 189 g/mol. The van der Waals surface area contributed by atoms with E-state index in [0.29, 0.717) is 0 Å². The highest BCUT2D eigenvalue weighted by atomic mass is 79.9. The molecule has 2 aliphatic rings. The van der Waals surface area contributed by atoms with Crippen molar-refractivity contribution in [3.63, 3.8) is 0 Å². The third kappa shape index (κ3) is 1.17. The number of alkyl halides is 1. The Hall–Kier alpha value is 0.480. The Morgan fingerprint density at radius 2 is 1.78 bits per heavy atom. The smallest absolute Gasteiger partial charge is 0.0176 e. The number of halogens is 1. The summed E-state index contributed by atoms with van der Waals surface area (Å²) in [5.41, 5.74) is 0. The van der Waals surface area contributed by atoms with E-state index in [-0.39, 0.29) is 0 Å². The van der Waals surface area contributed by atoms with Gasteiger partial charge in [0.05, 0.1) is 0 Å². The van der Waals surface area contributed by atoms with Crippen LogP contribution in [0.3, 0.4) is 0 Å². The molecule has 2 unspecified atom stereocenters. The van der Waals surface area contributed by atoms with Gasteiger partial charge in [-0.3, -0.25) is 0 Å². The van der Waals surface area contributed by atoms with E-state index in [1.54, 1.807) is 0 Å². The molecule has 2 atom stereocenters. The minimum absolute atomic E-state index is 0.880. The lowest BCUT2D eigenvalue weighted by Gasteiger charge is -2.10. The second-order valence-electron chi connectivity index (χ2n) is 3.45. The molecular weight excluding hydrogens is 176 g/mol. The van der Waals surface area contributed by atoms with Crippen molar-refractivity contribution in [3.05, 3.63) is 0 Å². The van der Waals surface area contributed by atoms with Crippen LogP contribution in [0.2, 0.25) is 0 Å². The second kappa shape index (κ2) is 2.26. The van der Waals surface area contributed by atoms with Gasteiger partial charge in [-0.25, -0.2) is 0 Å². The van der Waals surface area contributed by atoms with Gasteiger partial charge in [0, 0.05) is 4.83 Å². The van der Waals surface area contributed by atoms with E-state index < -0.39 is 0 Å². The molecule has 0 nitrogen and oxygen atoms in total. The quantitative estimate of drug-likeness (QED) is 0.556. The molecule has 0 saturated heterocycles. The zero-order valence-corrected chi connectivity index (χ0v) is 7.23. The summed E-state index contributed by atoms with van der Waals surface area (Å²) in [6.45, 7) is 0. The molecule has 0 aromatic carbocycles. The van der Waals surface area contributed by atoms with Crippen LogP contribution in [0.15, 0.2) is 0 Å². The molecule has 2 fully saturated rings. The van der Waals surface area contributed by atoms with Crippen molar-refractivity contribution in [3.8, 4) is 0 Å². The normalized spacial score (nSPS) is 43.7. The Bertz CT molecular complexity index is 107. The van der Waals surface area contributed by atoms with Gasteiger partial charge in [-0.15, -0.1) is 0 Å². The van der Waals surface area contributed by atoms with E-state index in [1.165, 1.54) is 32.1 Å². The van der Waals surface area contributed by atoms with E-state index in [2.05, 4.69) is 15.9 Å². The molecule has 0 aliphatic heterocycles. The number of hydrogen-bond donors (Lipinski definition) is 0. The van der Waals surface area contributed by atoms with Crippen LogP contribution < -0.4 is 0 Å². The molecule has 2 saturated carbocycles. The summed E-state index contributed by atoms with van der Waals surface area (Å²) in [5.74, 6) is 2.18. The zero-order valence-electron chi connectivity index (χ0n) is 5.65. The molecule has 0 aromatic rings. The first-order valence-electron chi connectivity index (χ1n) is 4.02. The number of rotatable bonds is 1. The van der Waals surface area contributed by atoms with Crippen LogP contribution in [0.1, 0.15) is 32.1 Å². The lowest BCUT2D eigenvalue weighted by Crippen LogP contribution is -2.07. The molecule has 1 heteroatoms. The minimum Gasteiger partial charge on any atom is -0.0888 e. The lowest BCUT2D eigenvalue weighted by molar-refractivity contribution is 0.494. The van der Waals surface area contributed by atoms with Crippen LogP contribution in [0.25, 0.3) is 0 Å². The van der Waals surface area contributed by atoms with Crippen molar-refractivity contribution >= 4 is 15.9 Å². The van der Waals surface area contributed by atoms with Crippen LogP contribution >= 0.6 is 15.9 Å². The molecule has 0 aromatic heterocycles. The van der Waals surface area contributed by atoms with E-state index in [1.807, 2.05) is 0 Å². The summed E-state index contributed by atoms with van der Waals surface area (Å²) in [6, 6.07) is 0. The summed E-state index contributed by atoms with van der Waals surface area (Å²) in [6.07, 6.45) is 7.44. The highest BCUT2D eigenvalue weighted by molar-refractivity contribution is 9.09. The van der Waals surface area contributed by atoms with Gasteiger partial charge in [-0.1, -0.05) is 22.4 Å². The first kappa shape index (κ1) is 6.21. The van der Waals surface area contributed by atoms with E-state index in [9.17, 15) is 0 Å². The molecular formula is C8H13Br. The summed E-state index contributed by atoms with van der Waals surface area (Å²) in [5, 5.41) is 0. The Morgan fingerprint density at radius 3 is 2.22 bits per heavy atom. The Balaban J connectivity index is 1.93. The fourth-order valence-electron chi connectivity index (χ4n) is 2.00. The third-order valence-electron chi connectivity index (χ3n) is 2.71. The maximum Gasteiger partial charge on any atom is 0.0176 e. The summed E-state index contributed by atoms with van der Waals surface area (Å²) >= 11 is 3.75. The van der Waals surface area contributed by atoms with Crippen LogP contribution in [0, 0.1) is 11.8 Å². The van der Waals surface area contributed by atoms with Crippen LogP contribution in [0.4, 0.5) is 0 Å². The lowest BCUT2D eigenvalue weighted by atomic mass is 10.0. The summed E-state index contributed by atoms with van der Waals surface area (Å²) < 4.78 is 0. The first-order chi connectivity index (χ1) is 4.38. The van der Waals surface area contributed by atoms with Gasteiger partial charge in [0.2, 0.25) is 0 Å². The molecule has 2 aliphatic carbocycles. The Morgan fingerprint density at radius 1 is 1.00 bits per heavy atom. The highest BCUT2D eigenvalue weighted by Gasteiger charge is 2.37. The maximum atomic E-state index is 3.75. The van der Waals surface area contributed by atoms with Gasteiger partial charge >= 0.3 is 0 Å². The third-order valence-corrected chi connectivity index (χ3v) is 3.85. The fraction of sp³-hybridized carbons (Fsp3) is 1.00. The topological polar surface area (TPSA) is 0 Å². The molecule has 52 valence electrons. The predicted molar refractivity (Wildman–Crippen MR) is 42.8 cm³/mol. The standard InChI is InChI=1S/C8H13Br/c9-8-3-1-2-7(8)6-4-5-6/h6-8H,1-5H2. The molecule has 0 heterocycles. The predicted octanol–water partition coefficient (Wildman–Crippen LogP) is 2.96. The SMILES string of the molecule is BrC1CCCC1C1CC1. The van der Waals surface area contributed by atoms with Crippen LogP contribution in [-0.4, -0.2) is 4.83 Å². The van der Waals surface area contributed by atoms with Gasteiger partial charge in [-0.05, 0) is 37.5 Å². The second-order valence-corrected chi connectivity index (χ2v) is 4.62. The molecule has 0 bridgehead atoms. The fourth-order valence-corrected chi connectivity index (χ4v) is 3.02. The average Bonchev–Trinajstić information content (AvgIpc) is 2.58. The summed E-state index contributed by atoms with van der Waals surface area (Å²) in [4.78, 5) is 0.880. The van der Waals surface area contributed by atoms with Gasteiger partial charge < -0.3 is 0 Å². The molecule has 0 spiro atoms. The monoisotopic (exact) mass is 188 g/mol. The molecule has 0 N–H and O–H groups in total. The molecule has 0 amide bonds. The Kier molecular flexibility index (Phi) is 1.56. The van der Waals surface area contributed by atoms with Gasteiger partial charge in [0.1, 0.15) is 0 Å². The van der Waals surface area contributed by atoms with E-state index >= 15 is 0 Å². The molecule has 9 heavy (non-hydrogen) atoms. The molecule has 2 rings (SSSR count). The van der Waals surface area contributed by atoms with Crippen LogP contribution in [-0.2, 0) is 0 Å². The van der Waals surface area contributed by atoms with Gasteiger partial charge in [0.25, 0.3) is 0 Å². The van der Waals surface area contributed by atoms with Crippen molar-refractivity contribution < 1.29 is 0 Å². The van der Waals surface area contributed by atoms with E-state index in [4.69, 9.17) is 0 Å².